The van der Waals surface area contributed by atoms with Crippen LogP contribution in [0.15, 0.2) is 42.5 Å². The first-order valence-corrected chi connectivity index (χ1v) is 13.9. The van der Waals surface area contributed by atoms with E-state index in [2.05, 4.69) is 39.0 Å². The van der Waals surface area contributed by atoms with Gasteiger partial charge in [0.15, 0.2) is 0 Å². The second-order valence-electron chi connectivity index (χ2n) is 11.5. The lowest BCUT2D eigenvalue weighted by Crippen LogP contribution is -2.44. The zero-order valence-electron chi connectivity index (χ0n) is 22.5. The third kappa shape index (κ3) is 5.08. The molecule has 0 radical (unpaired) electrons. The van der Waals surface area contributed by atoms with Crippen LogP contribution >= 0.6 is 11.6 Å². The maximum atomic E-state index is 11.2. The fraction of sp³-hybridized carbons (Fsp3) is 0.406. The van der Waals surface area contributed by atoms with Crippen molar-refractivity contribution >= 4 is 17.6 Å². The van der Waals surface area contributed by atoms with Gasteiger partial charge in [0.2, 0.25) is 0 Å². The topological polar surface area (TPSA) is 74.2 Å². The van der Waals surface area contributed by atoms with Crippen molar-refractivity contribution in [3.8, 4) is 28.4 Å². The number of aryl methyl sites for hydroxylation is 2. The number of rotatable bonds is 8. The predicted molar refractivity (Wildman–Crippen MR) is 149 cm³/mol. The highest BCUT2D eigenvalue weighted by molar-refractivity contribution is 6.31. The molecule has 1 aliphatic carbocycles. The Bertz CT molecular complexity index is 1420. The van der Waals surface area contributed by atoms with Crippen molar-refractivity contribution in [2.24, 2.45) is 5.41 Å². The van der Waals surface area contributed by atoms with E-state index in [1.54, 1.807) is 0 Å². The summed E-state index contributed by atoms with van der Waals surface area (Å²) in [5, 5.41) is 9.86. The molecule has 2 atom stereocenters. The lowest BCUT2D eigenvalue weighted by atomic mass is 9.89. The van der Waals surface area contributed by atoms with E-state index < -0.39 is 5.97 Å². The van der Waals surface area contributed by atoms with Gasteiger partial charge in [-0.3, -0.25) is 4.79 Å². The van der Waals surface area contributed by atoms with Crippen LogP contribution in [0.4, 0.5) is 0 Å². The summed E-state index contributed by atoms with van der Waals surface area (Å²) in [6.45, 7) is 8.94. The van der Waals surface area contributed by atoms with Crippen molar-refractivity contribution in [1.82, 2.24) is 0 Å². The van der Waals surface area contributed by atoms with Crippen LogP contribution in [0.5, 0.6) is 17.2 Å². The fourth-order valence-corrected chi connectivity index (χ4v) is 6.32. The van der Waals surface area contributed by atoms with Gasteiger partial charge in [-0.05, 0) is 90.4 Å². The van der Waals surface area contributed by atoms with E-state index in [4.69, 9.17) is 30.5 Å². The summed E-state index contributed by atoms with van der Waals surface area (Å²) in [6, 6.07) is 14.0. The van der Waals surface area contributed by atoms with E-state index in [1.807, 2.05) is 24.3 Å². The Labute approximate surface area is 233 Å². The quantitative estimate of drug-likeness (QED) is 0.325. The molecule has 0 aromatic heterocycles. The van der Waals surface area contributed by atoms with E-state index >= 15 is 0 Å². The first-order valence-electron chi connectivity index (χ1n) is 13.5. The van der Waals surface area contributed by atoms with Crippen LogP contribution in [-0.4, -0.2) is 37.5 Å². The van der Waals surface area contributed by atoms with Gasteiger partial charge in [-0.1, -0.05) is 24.6 Å². The minimum atomic E-state index is -0.822. The summed E-state index contributed by atoms with van der Waals surface area (Å²) in [5.74, 6) is 1.35. The maximum Gasteiger partial charge on any atom is 0.304 e. The number of carboxylic acids is 1. The molecule has 0 saturated carbocycles. The van der Waals surface area contributed by atoms with Crippen LogP contribution in [0, 0.1) is 19.3 Å². The van der Waals surface area contributed by atoms with Gasteiger partial charge >= 0.3 is 5.97 Å². The van der Waals surface area contributed by atoms with Crippen LogP contribution in [0.2, 0.25) is 5.02 Å². The van der Waals surface area contributed by atoms with Gasteiger partial charge in [-0.15, -0.1) is 0 Å². The first kappa shape index (κ1) is 26.0. The first-order chi connectivity index (χ1) is 18.7. The van der Waals surface area contributed by atoms with Crippen LogP contribution in [0.25, 0.3) is 11.1 Å². The van der Waals surface area contributed by atoms with E-state index in [-0.39, 0.29) is 23.9 Å². The number of ether oxygens (including phenoxy) is 4. The molecule has 1 unspecified atom stereocenters. The van der Waals surface area contributed by atoms with Crippen molar-refractivity contribution in [3.63, 3.8) is 0 Å². The lowest BCUT2D eigenvalue weighted by molar-refractivity contribution is -0.137. The van der Waals surface area contributed by atoms with Crippen molar-refractivity contribution in [2.75, 3.05) is 26.4 Å². The zero-order chi connectivity index (χ0) is 27.3. The number of carbonyl (C=O) groups is 1. The van der Waals surface area contributed by atoms with Crippen LogP contribution < -0.4 is 14.2 Å². The van der Waals surface area contributed by atoms with Crippen molar-refractivity contribution in [2.45, 2.75) is 52.1 Å². The van der Waals surface area contributed by atoms with Gasteiger partial charge in [0.05, 0.1) is 32.8 Å². The van der Waals surface area contributed by atoms with Crippen LogP contribution in [-0.2, 0) is 16.0 Å². The summed E-state index contributed by atoms with van der Waals surface area (Å²) in [6.07, 6.45) is 1.68. The molecule has 2 aliphatic heterocycles. The molecule has 6 nitrogen and oxygen atoms in total. The third-order valence-corrected chi connectivity index (χ3v) is 8.30. The molecule has 0 amide bonds. The molecule has 3 aliphatic rings. The van der Waals surface area contributed by atoms with Gasteiger partial charge in [-0.2, -0.15) is 0 Å². The van der Waals surface area contributed by atoms with Crippen molar-refractivity contribution in [1.29, 1.82) is 0 Å². The molecule has 0 spiro atoms. The molecule has 0 bridgehead atoms. The van der Waals surface area contributed by atoms with Gasteiger partial charge in [0.1, 0.15) is 23.4 Å². The molecule has 7 heteroatoms. The van der Waals surface area contributed by atoms with Crippen LogP contribution in [0.1, 0.15) is 59.6 Å². The summed E-state index contributed by atoms with van der Waals surface area (Å²) in [7, 11) is 0. The molecule has 3 aromatic carbocycles. The second-order valence-corrected chi connectivity index (χ2v) is 11.9. The molecule has 1 N–H and O–H groups in total. The molecule has 1 fully saturated rings. The van der Waals surface area contributed by atoms with Gasteiger partial charge in [0.25, 0.3) is 0 Å². The number of fused-ring (bicyclic) bond motifs is 2. The molecular formula is C32H33ClO6. The summed E-state index contributed by atoms with van der Waals surface area (Å²) < 4.78 is 23.8. The Balaban J connectivity index is 1.25. The number of aliphatic carboxylic acids is 1. The number of hydrogen-bond acceptors (Lipinski definition) is 5. The minimum Gasteiger partial charge on any atom is -0.493 e. The summed E-state index contributed by atoms with van der Waals surface area (Å²) in [5.41, 5.74) is 8.04. The van der Waals surface area contributed by atoms with Crippen molar-refractivity contribution in [3.05, 3.63) is 75.3 Å². The highest BCUT2D eigenvalue weighted by Gasteiger charge is 2.34. The predicted octanol–water partition coefficient (Wildman–Crippen LogP) is 7.06. The summed E-state index contributed by atoms with van der Waals surface area (Å²) >= 11 is 6.68. The molecule has 3 aromatic rings. The smallest absolute Gasteiger partial charge is 0.304 e. The Kier molecular flexibility index (Phi) is 6.72. The fourth-order valence-electron chi connectivity index (χ4n) is 6.10. The Morgan fingerprint density at radius 2 is 1.85 bits per heavy atom. The maximum absolute atomic E-state index is 11.2. The SMILES string of the molecule is Cc1cc(OCC2(C)COC2)cc(C)c1-c1cc(Cl)cc2c1CC[C@H]2Oc1ccc2c(c1)OCC2CC(=O)O. The van der Waals surface area contributed by atoms with Crippen LogP contribution in [0.3, 0.4) is 0 Å². The number of carboxylic acid groups (broad SMARTS) is 1. The van der Waals surface area contributed by atoms with E-state index in [9.17, 15) is 9.90 Å². The molecule has 39 heavy (non-hydrogen) atoms. The van der Waals surface area contributed by atoms with E-state index in [0.717, 1.165) is 59.6 Å². The highest BCUT2D eigenvalue weighted by atomic mass is 35.5. The molecular weight excluding hydrogens is 516 g/mol. The van der Waals surface area contributed by atoms with E-state index in [1.165, 1.54) is 11.1 Å². The molecule has 204 valence electrons. The van der Waals surface area contributed by atoms with Gasteiger partial charge in [0, 0.05) is 28.0 Å². The number of hydrogen-bond donors (Lipinski definition) is 1. The standard InChI is InChI=1S/C32H33ClO6/c1-18-8-23(38-17-32(3)15-36-16-32)9-19(2)31(18)27-12-21(33)11-26-25(27)6-7-28(26)39-22-4-5-24-20(10-30(34)35)14-37-29(24)13-22/h4-5,8-9,11-13,20,28H,6-7,10,14-17H2,1-3H3,(H,34,35)/t20?,28-/m1/s1. The second kappa shape index (κ2) is 10.1. The minimum absolute atomic E-state index is 0.0603. The summed E-state index contributed by atoms with van der Waals surface area (Å²) in [4.78, 5) is 11.2. The molecule has 6 rings (SSSR count). The van der Waals surface area contributed by atoms with E-state index in [0.29, 0.717) is 29.7 Å². The normalized spacial score (nSPS) is 20.5. The third-order valence-electron chi connectivity index (χ3n) is 8.08. The molecule has 1 saturated heterocycles. The Morgan fingerprint density at radius 1 is 1.08 bits per heavy atom. The average molecular weight is 549 g/mol. The lowest BCUT2D eigenvalue weighted by Gasteiger charge is -2.37. The molecule has 2 heterocycles. The largest absolute Gasteiger partial charge is 0.493 e. The Morgan fingerprint density at radius 3 is 2.54 bits per heavy atom. The zero-order valence-corrected chi connectivity index (χ0v) is 23.3. The van der Waals surface area contributed by atoms with Crippen molar-refractivity contribution < 1.29 is 28.8 Å². The number of benzene rings is 3. The monoisotopic (exact) mass is 548 g/mol. The van der Waals surface area contributed by atoms with Gasteiger partial charge in [-0.25, -0.2) is 0 Å². The highest BCUT2D eigenvalue weighted by Crippen LogP contribution is 2.45. The number of halogens is 1. The average Bonchev–Trinajstić information content (AvgIpc) is 3.44. The Hall–Kier alpha value is -3.22. The van der Waals surface area contributed by atoms with Gasteiger partial charge < -0.3 is 24.1 Å².